The van der Waals surface area contributed by atoms with Crippen molar-refractivity contribution >= 4 is 5.97 Å². The Morgan fingerprint density at radius 1 is 1.26 bits per heavy atom. The molecule has 5 nitrogen and oxygen atoms in total. The van der Waals surface area contributed by atoms with Crippen molar-refractivity contribution < 1.29 is 19.7 Å². The van der Waals surface area contributed by atoms with Gasteiger partial charge in [0.05, 0.1) is 0 Å². The van der Waals surface area contributed by atoms with Gasteiger partial charge in [-0.05, 0) is 24.1 Å². The van der Waals surface area contributed by atoms with E-state index in [-0.39, 0.29) is 12.3 Å². The second kappa shape index (κ2) is 5.97. The van der Waals surface area contributed by atoms with Crippen molar-refractivity contribution in [2.45, 2.75) is 6.42 Å². The zero-order chi connectivity index (χ0) is 13.7. The zero-order valence-corrected chi connectivity index (χ0v) is 10.1. The van der Waals surface area contributed by atoms with Crippen molar-refractivity contribution in [2.75, 3.05) is 6.61 Å². The number of carboxylic acid groups (broad SMARTS) is 1. The number of hydrogen-bond donors (Lipinski definition) is 2. The summed E-state index contributed by atoms with van der Waals surface area (Å²) in [6, 6.07) is 10.2. The molecule has 98 valence electrons. The van der Waals surface area contributed by atoms with E-state index in [1.165, 1.54) is 12.3 Å². The van der Waals surface area contributed by atoms with Crippen molar-refractivity contribution in [2.24, 2.45) is 0 Å². The maximum atomic E-state index is 10.8. The lowest BCUT2D eigenvalue weighted by atomic mass is 10.1. The molecule has 0 amide bonds. The molecule has 0 saturated heterocycles. The normalized spacial score (nSPS) is 10.2. The molecule has 0 aliphatic rings. The van der Waals surface area contributed by atoms with Gasteiger partial charge in [0.25, 0.3) is 0 Å². The number of ether oxygens (including phenoxy) is 1. The van der Waals surface area contributed by atoms with E-state index >= 15 is 0 Å². The molecule has 0 fully saturated rings. The van der Waals surface area contributed by atoms with Gasteiger partial charge in [-0.2, -0.15) is 0 Å². The molecule has 19 heavy (non-hydrogen) atoms. The number of carboxylic acids is 1. The number of aromatic nitrogens is 1. The summed E-state index contributed by atoms with van der Waals surface area (Å²) in [4.78, 5) is 14.5. The summed E-state index contributed by atoms with van der Waals surface area (Å²) in [6.45, 7) is 0.0249. The summed E-state index contributed by atoms with van der Waals surface area (Å²) in [5.41, 5.74) is 0.788. The molecule has 2 aromatic rings. The molecule has 1 heterocycles. The fourth-order valence-electron chi connectivity index (χ4n) is 1.65. The minimum absolute atomic E-state index is 0.0249. The number of benzene rings is 1. The summed E-state index contributed by atoms with van der Waals surface area (Å²) in [5.74, 6) is -0.106. The molecular weight excluding hydrogens is 246 g/mol. The summed E-state index contributed by atoms with van der Waals surface area (Å²) in [6.07, 6.45) is 1.86. The van der Waals surface area contributed by atoms with Gasteiger partial charge in [0.2, 0.25) is 0 Å². The molecule has 0 radical (unpaired) electrons. The molecule has 0 saturated carbocycles. The van der Waals surface area contributed by atoms with Crippen molar-refractivity contribution in [3.05, 3.63) is 53.9 Å². The molecule has 2 N–H and O–H groups in total. The molecule has 1 aromatic carbocycles. The van der Waals surface area contributed by atoms with E-state index in [0.29, 0.717) is 17.9 Å². The zero-order valence-electron chi connectivity index (χ0n) is 10.1. The van der Waals surface area contributed by atoms with Crippen molar-refractivity contribution in [1.29, 1.82) is 0 Å². The fourth-order valence-corrected chi connectivity index (χ4v) is 1.65. The van der Waals surface area contributed by atoms with Crippen LogP contribution >= 0.6 is 0 Å². The Labute approximate surface area is 110 Å². The predicted molar refractivity (Wildman–Crippen MR) is 68.5 cm³/mol. The van der Waals surface area contributed by atoms with Gasteiger partial charge in [-0.1, -0.05) is 18.2 Å². The molecule has 0 aliphatic heterocycles. The lowest BCUT2D eigenvalue weighted by Crippen LogP contribution is -2.00. The number of aromatic carboxylic acids is 1. The van der Waals surface area contributed by atoms with Crippen LogP contribution < -0.4 is 4.74 Å². The minimum Gasteiger partial charge on any atom is -0.477 e. The quantitative estimate of drug-likeness (QED) is 0.859. The molecular formula is C14H13NO4. The molecule has 0 atom stereocenters. The average Bonchev–Trinajstić information content (AvgIpc) is 2.41. The van der Waals surface area contributed by atoms with Gasteiger partial charge >= 0.3 is 5.97 Å². The first-order valence-corrected chi connectivity index (χ1v) is 5.76. The monoisotopic (exact) mass is 259 g/mol. The van der Waals surface area contributed by atoms with E-state index in [1.54, 1.807) is 12.1 Å². The van der Waals surface area contributed by atoms with Crippen molar-refractivity contribution in [3.8, 4) is 11.5 Å². The summed E-state index contributed by atoms with van der Waals surface area (Å²) in [5, 5.41) is 17.8. The standard InChI is InChI=1S/C14H13NO4/c16-8-6-10-3-1-2-4-13(10)19-11-5-7-15-12(9-11)14(17)18/h1-5,7,9,16H,6,8H2,(H,17,18). The molecule has 0 bridgehead atoms. The number of para-hydroxylation sites is 1. The Kier molecular flexibility index (Phi) is 4.10. The third-order valence-electron chi connectivity index (χ3n) is 2.53. The van der Waals surface area contributed by atoms with Crippen LogP contribution in [0, 0.1) is 0 Å². The predicted octanol–water partition coefficient (Wildman–Crippen LogP) is 2.11. The first-order chi connectivity index (χ1) is 9.20. The average molecular weight is 259 g/mol. The summed E-state index contributed by atoms with van der Waals surface area (Å²) in [7, 11) is 0. The number of aliphatic hydroxyl groups is 1. The van der Waals surface area contributed by atoms with Crippen LogP contribution in [0.3, 0.4) is 0 Å². The second-order valence-electron chi connectivity index (χ2n) is 3.87. The van der Waals surface area contributed by atoms with Gasteiger partial charge < -0.3 is 14.9 Å². The first-order valence-electron chi connectivity index (χ1n) is 5.76. The first kappa shape index (κ1) is 13.0. The largest absolute Gasteiger partial charge is 0.477 e. The number of pyridine rings is 1. The Bertz CT molecular complexity index is 583. The highest BCUT2D eigenvalue weighted by Gasteiger charge is 2.08. The van der Waals surface area contributed by atoms with E-state index in [0.717, 1.165) is 5.56 Å². The number of rotatable bonds is 5. The lowest BCUT2D eigenvalue weighted by Gasteiger charge is -2.10. The highest BCUT2D eigenvalue weighted by molar-refractivity contribution is 5.85. The highest BCUT2D eigenvalue weighted by Crippen LogP contribution is 2.25. The summed E-state index contributed by atoms with van der Waals surface area (Å²) < 4.78 is 5.64. The molecule has 0 unspecified atom stereocenters. The van der Waals surface area contributed by atoms with E-state index in [1.807, 2.05) is 18.2 Å². The fraction of sp³-hybridized carbons (Fsp3) is 0.143. The Morgan fingerprint density at radius 3 is 2.79 bits per heavy atom. The van der Waals surface area contributed by atoms with Crippen molar-refractivity contribution in [3.63, 3.8) is 0 Å². The van der Waals surface area contributed by atoms with Crippen LogP contribution in [0.5, 0.6) is 11.5 Å². The Morgan fingerprint density at radius 2 is 2.05 bits per heavy atom. The van der Waals surface area contributed by atoms with E-state index < -0.39 is 5.97 Å². The van der Waals surface area contributed by atoms with E-state index in [9.17, 15) is 4.79 Å². The number of carbonyl (C=O) groups is 1. The third-order valence-corrected chi connectivity index (χ3v) is 2.53. The Balaban J connectivity index is 2.26. The van der Waals surface area contributed by atoms with Crippen LogP contribution in [0.1, 0.15) is 16.1 Å². The maximum Gasteiger partial charge on any atom is 0.354 e. The van der Waals surface area contributed by atoms with Crippen LogP contribution in [-0.4, -0.2) is 27.8 Å². The van der Waals surface area contributed by atoms with Gasteiger partial charge in [-0.25, -0.2) is 9.78 Å². The summed E-state index contributed by atoms with van der Waals surface area (Å²) >= 11 is 0. The molecule has 2 rings (SSSR count). The third kappa shape index (κ3) is 3.29. The highest BCUT2D eigenvalue weighted by atomic mass is 16.5. The number of aliphatic hydroxyl groups excluding tert-OH is 1. The second-order valence-corrected chi connectivity index (χ2v) is 3.87. The SMILES string of the molecule is O=C(O)c1cc(Oc2ccccc2CCO)ccn1. The number of hydrogen-bond acceptors (Lipinski definition) is 4. The van der Waals surface area contributed by atoms with Gasteiger partial charge in [-0.3, -0.25) is 0 Å². The van der Waals surface area contributed by atoms with Gasteiger partial charge in [0, 0.05) is 18.9 Å². The maximum absolute atomic E-state index is 10.8. The van der Waals surface area contributed by atoms with Crippen LogP contribution in [0.25, 0.3) is 0 Å². The van der Waals surface area contributed by atoms with Gasteiger partial charge in [-0.15, -0.1) is 0 Å². The van der Waals surface area contributed by atoms with Crippen LogP contribution in [0.4, 0.5) is 0 Å². The smallest absolute Gasteiger partial charge is 0.354 e. The van der Waals surface area contributed by atoms with Gasteiger partial charge in [0.15, 0.2) is 5.69 Å². The van der Waals surface area contributed by atoms with Gasteiger partial charge in [0.1, 0.15) is 11.5 Å². The Hall–Kier alpha value is -2.40. The number of nitrogens with zero attached hydrogens (tertiary/aromatic N) is 1. The molecule has 0 aliphatic carbocycles. The lowest BCUT2D eigenvalue weighted by molar-refractivity contribution is 0.0690. The van der Waals surface area contributed by atoms with Crippen LogP contribution in [0.2, 0.25) is 0 Å². The molecule has 1 aromatic heterocycles. The molecule has 0 spiro atoms. The van der Waals surface area contributed by atoms with Crippen LogP contribution in [-0.2, 0) is 6.42 Å². The van der Waals surface area contributed by atoms with E-state index in [4.69, 9.17) is 14.9 Å². The van der Waals surface area contributed by atoms with E-state index in [2.05, 4.69) is 4.98 Å². The minimum atomic E-state index is -1.10. The van der Waals surface area contributed by atoms with Crippen LogP contribution in [0.15, 0.2) is 42.6 Å². The topological polar surface area (TPSA) is 79.7 Å². The molecule has 5 heteroatoms. The van der Waals surface area contributed by atoms with Crippen molar-refractivity contribution in [1.82, 2.24) is 4.98 Å².